The van der Waals surface area contributed by atoms with Gasteiger partial charge in [0.2, 0.25) is 0 Å². The lowest BCUT2D eigenvalue weighted by atomic mass is 9.67. The largest absolute Gasteiger partial charge is 0.379 e. The Bertz CT molecular complexity index is 601. The minimum atomic E-state index is 0.494. The Morgan fingerprint density at radius 2 is 1.93 bits per heavy atom. The van der Waals surface area contributed by atoms with E-state index in [4.69, 9.17) is 9.73 Å². The van der Waals surface area contributed by atoms with Crippen molar-refractivity contribution in [2.75, 3.05) is 39.4 Å². The number of hydrogen-bond donors (Lipinski definition) is 2. The molecule has 0 unspecified atom stereocenters. The summed E-state index contributed by atoms with van der Waals surface area (Å²) in [5, 5.41) is 6.98. The summed E-state index contributed by atoms with van der Waals surface area (Å²) < 4.78 is 5.44. The van der Waals surface area contributed by atoms with Crippen LogP contribution in [0.4, 0.5) is 0 Å². The summed E-state index contributed by atoms with van der Waals surface area (Å²) in [5.74, 6) is 0.941. The Balaban J connectivity index is 1.55. The fourth-order valence-corrected chi connectivity index (χ4v) is 3.96. The van der Waals surface area contributed by atoms with Gasteiger partial charge in [-0.2, -0.15) is 0 Å². The van der Waals surface area contributed by atoms with Gasteiger partial charge in [0.05, 0.1) is 19.8 Å². The third-order valence-electron chi connectivity index (χ3n) is 6.06. The zero-order valence-electron chi connectivity index (χ0n) is 17.1. The lowest BCUT2D eigenvalue weighted by molar-refractivity contribution is 0.0342. The van der Waals surface area contributed by atoms with E-state index in [1.165, 1.54) is 36.8 Å². The standard InChI is InChI=1S/C22H36N4O/c1-3-22(9-6-10-22)18-25-21(23-4-2)24-16-19-7-5-8-20(15-19)17-26-11-13-27-14-12-26/h5,7-8,15H,3-4,6,9-14,16-18H2,1-2H3,(H2,23,24,25). The molecule has 0 radical (unpaired) electrons. The van der Waals surface area contributed by atoms with Gasteiger partial charge in [-0.3, -0.25) is 4.90 Å². The predicted octanol–water partition coefficient (Wildman–Crippen LogP) is 3.15. The fraction of sp³-hybridized carbons (Fsp3) is 0.682. The molecule has 2 N–H and O–H groups in total. The first-order valence-corrected chi connectivity index (χ1v) is 10.6. The number of aliphatic imine (C=N–C) groups is 1. The highest BCUT2D eigenvalue weighted by Crippen LogP contribution is 2.42. The van der Waals surface area contributed by atoms with Gasteiger partial charge < -0.3 is 15.4 Å². The number of hydrogen-bond acceptors (Lipinski definition) is 3. The fourth-order valence-electron chi connectivity index (χ4n) is 3.96. The highest BCUT2D eigenvalue weighted by molar-refractivity contribution is 5.79. The van der Waals surface area contributed by atoms with Gasteiger partial charge in [-0.05, 0) is 42.7 Å². The minimum Gasteiger partial charge on any atom is -0.379 e. The van der Waals surface area contributed by atoms with Gasteiger partial charge in [0.15, 0.2) is 5.96 Å². The van der Waals surface area contributed by atoms with Crippen LogP contribution in [-0.2, 0) is 17.8 Å². The second-order valence-electron chi connectivity index (χ2n) is 7.96. The molecule has 0 bridgehead atoms. The molecule has 0 aromatic heterocycles. The van der Waals surface area contributed by atoms with Gasteiger partial charge >= 0.3 is 0 Å². The summed E-state index contributed by atoms with van der Waals surface area (Å²) >= 11 is 0. The monoisotopic (exact) mass is 372 g/mol. The molecule has 5 nitrogen and oxygen atoms in total. The molecule has 1 aliphatic heterocycles. The number of rotatable bonds is 8. The summed E-state index contributed by atoms with van der Waals surface area (Å²) in [6, 6.07) is 8.84. The molecule has 1 saturated heterocycles. The average Bonchev–Trinajstić information content (AvgIpc) is 2.66. The number of nitrogens with one attached hydrogen (secondary N) is 2. The number of morpholine rings is 1. The van der Waals surface area contributed by atoms with Crippen molar-refractivity contribution in [3.05, 3.63) is 35.4 Å². The van der Waals surface area contributed by atoms with Crippen molar-refractivity contribution in [1.29, 1.82) is 0 Å². The van der Waals surface area contributed by atoms with E-state index in [0.29, 0.717) is 12.0 Å². The van der Waals surface area contributed by atoms with Gasteiger partial charge in [-0.25, -0.2) is 4.99 Å². The number of benzene rings is 1. The van der Waals surface area contributed by atoms with E-state index in [1.807, 2.05) is 0 Å². The van der Waals surface area contributed by atoms with Crippen LogP contribution in [0.25, 0.3) is 0 Å². The molecule has 150 valence electrons. The SMILES string of the molecule is CCNC(=NCc1cccc(CN2CCOCC2)c1)NCC1(CC)CCC1. The van der Waals surface area contributed by atoms with Crippen molar-refractivity contribution >= 4 is 5.96 Å². The van der Waals surface area contributed by atoms with Crippen LogP contribution in [0.15, 0.2) is 29.3 Å². The third kappa shape index (κ3) is 5.94. The molecule has 1 aromatic rings. The van der Waals surface area contributed by atoms with Crippen molar-refractivity contribution < 1.29 is 4.74 Å². The molecule has 2 aliphatic rings. The maximum absolute atomic E-state index is 5.44. The second-order valence-corrected chi connectivity index (χ2v) is 7.96. The first-order chi connectivity index (χ1) is 13.2. The van der Waals surface area contributed by atoms with Crippen LogP contribution in [0.2, 0.25) is 0 Å². The molecule has 5 heteroatoms. The van der Waals surface area contributed by atoms with Gasteiger partial charge in [0, 0.05) is 32.7 Å². The quantitative estimate of drug-likeness (QED) is 0.544. The van der Waals surface area contributed by atoms with E-state index in [-0.39, 0.29) is 0 Å². The van der Waals surface area contributed by atoms with E-state index in [9.17, 15) is 0 Å². The second kappa shape index (κ2) is 10.1. The molecule has 0 atom stereocenters. The van der Waals surface area contributed by atoms with Crippen molar-refractivity contribution in [3.63, 3.8) is 0 Å². The lowest BCUT2D eigenvalue weighted by Gasteiger charge is -2.41. The molecular formula is C22H36N4O. The van der Waals surface area contributed by atoms with E-state index in [2.05, 4.69) is 53.6 Å². The van der Waals surface area contributed by atoms with Gasteiger partial charge in [0.1, 0.15) is 0 Å². The molecule has 0 amide bonds. The Morgan fingerprint density at radius 1 is 1.15 bits per heavy atom. The first-order valence-electron chi connectivity index (χ1n) is 10.6. The van der Waals surface area contributed by atoms with Crippen LogP contribution in [0.1, 0.15) is 50.7 Å². The van der Waals surface area contributed by atoms with Gasteiger partial charge in [0.25, 0.3) is 0 Å². The van der Waals surface area contributed by atoms with Crippen molar-refractivity contribution in [2.45, 2.75) is 52.6 Å². The highest BCUT2D eigenvalue weighted by Gasteiger charge is 2.34. The Kier molecular flexibility index (Phi) is 7.53. The van der Waals surface area contributed by atoms with Crippen LogP contribution in [0, 0.1) is 5.41 Å². The molecule has 3 rings (SSSR count). The number of nitrogens with zero attached hydrogens (tertiary/aromatic N) is 2. The van der Waals surface area contributed by atoms with Crippen LogP contribution in [0.3, 0.4) is 0 Å². The summed E-state index contributed by atoms with van der Waals surface area (Å²) in [6.07, 6.45) is 5.32. The molecule has 2 fully saturated rings. The van der Waals surface area contributed by atoms with Crippen LogP contribution in [-0.4, -0.2) is 50.3 Å². The van der Waals surface area contributed by atoms with Gasteiger partial charge in [-0.1, -0.05) is 37.6 Å². The van der Waals surface area contributed by atoms with Crippen molar-refractivity contribution in [2.24, 2.45) is 10.4 Å². The summed E-state index contributed by atoms with van der Waals surface area (Å²) in [6.45, 7) is 11.8. The van der Waals surface area contributed by atoms with Gasteiger partial charge in [-0.15, -0.1) is 0 Å². The molecular weight excluding hydrogens is 336 g/mol. The van der Waals surface area contributed by atoms with Crippen LogP contribution in [0.5, 0.6) is 0 Å². The summed E-state index contributed by atoms with van der Waals surface area (Å²) in [5.41, 5.74) is 3.13. The minimum absolute atomic E-state index is 0.494. The van der Waals surface area contributed by atoms with E-state index in [0.717, 1.165) is 51.9 Å². The molecule has 0 spiro atoms. The average molecular weight is 373 g/mol. The smallest absolute Gasteiger partial charge is 0.191 e. The molecule has 1 aromatic carbocycles. The van der Waals surface area contributed by atoms with E-state index < -0.39 is 0 Å². The van der Waals surface area contributed by atoms with Crippen LogP contribution < -0.4 is 10.6 Å². The highest BCUT2D eigenvalue weighted by atomic mass is 16.5. The topological polar surface area (TPSA) is 48.9 Å². The third-order valence-corrected chi connectivity index (χ3v) is 6.06. The van der Waals surface area contributed by atoms with Crippen molar-refractivity contribution in [1.82, 2.24) is 15.5 Å². The Hall–Kier alpha value is -1.59. The maximum atomic E-state index is 5.44. The predicted molar refractivity (Wildman–Crippen MR) is 112 cm³/mol. The lowest BCUT2D eigenvalue weighted by Crippen LogP contribution is -2.46. The Morgan fingerprint density at radius 3 is 2.59 bits per heavy atom. The maximum Gasteiger partial charge on any atom is 0.191 e. The molecule has 1 saturated carbocycles. The normalized spacial score (nSPS) is 20.1. The van der Waals surface area contributed by atoms with E-state index >= 15 is 0 Å². The number of ether oxygens (including phenoxy) is 1. The molecule has 1 aliphatic carbocycles. The zero-order chi connectivity index (χ0) is 19.0. The molecule has 27 heavy (non-hydrogen) atoms. The van der Waals surface area contributed by atoms with E-state index in [1.54, 1.807) is 0 Å². The summed E-state index contributed by atoms with van der Waals surface area (Å²) in [4.78, 5) is 7.29. The zero-order valence-corrected chi connectivity index (χ0v) is 17.1. The summed E-state index contributed by atoms with van der Waals surface area (Å²) in [7, 11) is 0. The number of guanidine groups is 1. The molecule has 1 heterocycles. The Labute approximate surface area is 164 Å². The first kappa shape index (κ1) is 20.2. The van der Waals surface area contributed by atoms with Crippen molar-refractivity contribution in [3.8, 4) is 0 Å². The van der Waals surface area contributed by atoms with Crippen LogP contribution >= 0.6 is 0 Å².